The van der Waals surface area contributed by atoms with Gasteiger partial charge in [0, 0.05) is 33.8 Å². The molecular weight excluding hydrogens is 1140 g/mol. The summed E-state index contributed by atoms with van der Waals surface area (Å²) in [5.41, 5.74) is 10.6. The predicted octanol–water partition coefficient (Wildman–Crippen LogP) is 8.92. The number of hydrogen-bond donors (Lipinski definition) is 12. The van der Waals surface area contributed by atoms with Crippen LogP contribution in [0.1, 0.15) is 142 Å². The van der Waals surface area contributed by atoms with Crippen LogP contribution in [0.2, 0.25) is 0 Å². The van der Waals surface area contributed by atoms with Crippen molar-refractivity contribution in [2.75, 3.05) is 42.3 Å². The summed E-state index contributed by atoms with van der Waals surface area (Å²) in [6.45, 7) is 11.3. The van der Waals surface area contributed by atoms with Crippen molar-refractivity contribution in [3.05, 3.63) is 212 Å². The molecule has 0 amide bonds. The summed E-state index contributed by atoms with van der Waals surface area (Å²) < 4.78 is 0. The van der Waals surface area contributed by atoms with E-state index >= 15 is 0 Å². The Morgan fingerprint density at radius 2 is 0.756 bits per heavy atom. The fourth-order valence-electron chi connectivity index (χ4n) is 13.6. The largest absolute Gasteiger partial charge is 0.388 e. The van der Waals surface area contributed by atoms with Crippen LogP contribution in [0.15, 0.2) is 146 Å². The summed E-state index contributed by atoms with van der Waals surface area (Å²) in [6.07, 6.45) is 7.18. The zero-order valence-electron chi connectivity index (χ0n) is 50.5. The second kappa shape index (κ2) is 28.6. The van der Waals surface area contributed by atoms with E-state index in [-0.39, 0.29) is 67.8 Å². The van der Waals surface area contributed by atoms with Crippen molar-refractivity contribution in [2.24, 2.45) is 0 Å². The maximum atomic E-state index is 10.4. The van der Waals surface area contributed by atoms with Crippen LogP contribution in [0.25, 0.3) is 0 Å². The maximum absolute atomic E-state index is 10.4. The Labute approximate surface area is 508 Å². The Balaban J connectivity index is 0.000000262. The van der Waals surface area contributed by atoms with Crippen molar-refractivity contribution < 1.29 is 38.2 Å². The molecule has 0 saturated heterocycles. The molecule has 14 heteroatoms. The SMILES string of the molecule is CNC1CCc2ccccc2C1(C)O.CNC1Cc2ccccc2C1(C)O.CNC1Cc2ccccc2CC1(C)O.CNC1c2ccccc2C1(C)O.CNC1c2ccccc2CC1(C)O.CNC1c2ccccc2CCC1(C)O.F.I.[2HH].[HH]. The van der Waals surface area contributed by atoms with E-state index < -0.39 is 33.6 Å². The quantitative estimate of drug-likeness (QED) is 0.0710. The molecule has 0 aliphatic heterocycles. The number of fused-ring (bicyclic) bond motifs is 6. The Morgan fingerprint density at radius 1 is 0.366 bits per heavy atom. The average Bonchev–Trinajstić information content (AvgIpc) is 2.29. The molecule has 12 N–H and O–H groups in total. The van der Waals surface area contributed by atoms with E-state index in [2.05, 4.69) is 98.6 Å². The van der Waals surface area contributed by atoms with Crippen molar-refractivity contribution in [3.63, 3.8) is 0 Å². The van der Waals surface area contributed by atoms with Gasteiger partial charge in [-0.05, 0) is 189 Å². The highest BCUT2D eigenvalue weighted by Gasteiger charge is 2.46. The molecule has 6 aliphatic carbocycles. The van der Waals surface area contributed by atoms with Crippen molar-refractivity contribution >= 4 is 24.0 Å². The fourth-order valence-corrected chi connectivity index (χ4v) is 13.6. The molecule has 0 aromatic heterocycles. The lowest BCUT2D eigenvalue weighted by Crippen LogP contribution is -2.52. The molecule has 0 spiro atoms. The monoisotopic (exact) mass is 1240 g/mol. The van der Waals surface area contributed by atoms with E-state index in [1.807, 2.05) is 163 Å². The normalized spacial score (nSPS) is 30.8. The first kappa shape index (κ1) is 68.3. The standard InChI is InChI=1S/3C12H17NO.2C11H15NO.C10H13NO.FH.HI.2H2/c1-12(14)8-10-6-4-3-5-9(10)7-11(12)13-2;1-12(14)8-7-9-5-3-4-6-10(9)11(12)13-2;1-12(14)10-6-4-3-5-9(10)7-8-11(12)13-2;1-11(13)7-8-5-3-4-6-9(8)10(11)12-2;1-11(13)9-6-4-3-5-8(9)7-10(11)12-2;1-10(12)8-6-4-3-5-7(8)9(10)11-2;;;;/h3*3-6,11,13-14H,7-8H2,1-2H3;2*3-6,10,12-13H,7H2,1-2H3;3-6,9,11-12H,1-2H3;4*1H/i;;;;;;;;1+1;. The van der Waals surface area contributed by atoms with Gasteiger partial charge in [-0.3, -0.25) is 4.70 Å². The van der Waals surface area contributed by atoms with Crippen molar-refractivity contribution in [2.45, 2.75) is 163 Å². The van der Waals surface area contributed by atoms with Crippen LogP contribution in [-0.4, -0.2) is 108 Å². The van der Waals surface area contributed by atoms with Crippen LogP contribution < -0.4 is 31.9 Å². The van der Waals surface area contributed by atoms with Gasteiger partial charge in [0.2, 0.25) is 0 Å². The molecule has 0 fully saturated rings. The summed E-state index contributed by atoms with van der Waals surface area (Å²) >= 11 is 0. The topological polar surface area (TPSA) is 194 Å². The molecule has 6 aromatic carbocycles. The van der Waals surface area contributed by atoms with Gasteiger partial charge in [-0.25, -0.2) is 0 Å². The molecule has 0 saturated carbocycles. The highest BCUT2D eigenvalue weighted by molar-refractivity contribution is 14.0. The minimum absolute atomic E-state index is 0. The van der Waals surface area contributed by atoms with Crippen LogP contribution in [0.4, 0.5) is 4.70 Å². The maximum Gasteiger partial charge on any atom is 0.107 e. The third-order valence-corrected chi connectivity index (χ3v) is 18.2. The summed E-state index contributed by atoms with van der Waals surface area (Å²) in [7, 11) is 11.4. The zero-order valence-corrected chi connectivity index (χ0v) is 52.8. The lowest BCUT2D eigenvalue weighted by atomic mass is 9.70. The van der Waals surface area contributed by atoms with Gasteiger partial charge in [-0.1, -0.05) is 146 Å². The van der Waals surface area contributed by atoms with Crippen LogP contribution >= 0.6 is 24.0 Å². The number of halogens is 2. The average molecular weight is 1240 g/mol. The summed E-state index contributed by atoms with van der Waals surface area (Å²) in [5, 5.41) is 80.2. The van der Waals surface area contributed by atoms with E-state index in [0.29, 0.717) is 0 Å². The number of rotatable bonds is 6. The van der Waals surface area contributed by atoms with Gasteiger partial charge in [-0.15, -0.1) is 24.0 Å². The lowest BCUT2D eigenvalue weighted by molar-refractivity contribution is -0.0121. The first-order valence-electron chi connectivity index (χ1n) is 28.8. The lowest BCUT2D eigenvalue weighted by Gasteiger charge is -2.44. The first-order valence-corrected chi connectivity index (χ1v) is 28.8. The molecule has 0 radical (unpaired) electrons. The van der Waals surface area contributed by atoms with E-state index in [1.165, 1.54) is 50.1 Å². The summed E-state index contributed by atoms with van der Waals surface area (Å²) in [5.74, 6) is 0. The van der Waals surface area contributed by atoms with Crippen LogP contribution in [0.5, 0.6) is 0 Å². The van der Waals surface area contributed by atoms with Crippen molar-refractivity contribution in [1.82, 2.24) is 31.9 Å². The molecular formula is C68H100FIN6O6. The number of nitrogens with one attached hydrogen (secondary N) is 6. The molecule has 6 aliphatic rings. The van der Waals surface area contributed by atoms with Gasteiger partial charge in [0.25, 0.3) is 0 Å². The van der Waals surface area contributed by atoms with Gasteiger partial charge >= 0.3 is 0 Å². The third kappa shape index (κ3) is 14.8. The second-order valence-corrected chi connectivity index (χ2v) is 24.1. The number of benzene rings is 6. The number of hydrogen-bond acceptors (Lipinski definition) is 12. The Morgan fingerprint density at radius 3 is 1.29 bits per heavy atom. The smallest absolute Gasteiger partial charge is 0.107 e. The van der Waals surface area contributed by atoms with Gasteiger partial charge in [0.15, 0.2) is 0 Å². The van der Waals surface area contributed by atoms with Crippen molar-refractivity contribution in [3.8, 4) is 0 Å². The minimum Gasteiger partial charge on any atom is -0.388 e. The van der Waals surface area contributed by atoms with E-state index in [4.69, 9.17) is 0 Å². The molecule has 6 aromatic rings. The van der Waals surface area contributed by atoms with Crippen LogP contribution in [0.3, 0.4) is 0 Å². The molecule has 0 bridgehead atoms. The zero-order chi connectivity index (χ0) is 58.3. The number of aliphatic hydroxyl groups is 6. The molecule has 12 atom stereocenters. The summed E-state index contributed by atoms with van der Waals surface area (Å²) in [6, 6.07) is 49.8. The Kier molecular flexibility index (Phi) is 23.8. The minimum atomic E-state index is -0.733. The van der Waals surface area contributed by atoms with Gasteiger partial charge in [0.1, 0.15) is 16.8 Å². The molecule has 82 heavy (non-hydrogen) atoms. The number of aryl methyl sites for hydroxylation is 2. The van der Waals surface area contributed by atoms with Gasteiger partial charge in [-0.2, -0.15) is 0 Å². The fraction of sp³-hybridized carbons (Fsp3) is 0.471. The molecule has 0 heterocycles. The van der Waals surface area contributed by atoms with E-state index in [9.17, 15) is 30.6 Å². The highest BCUT2D eigenvalue weighted by Crippen LogP contribution is 2.47. The molecule has 12 unspecified atom stereocenters. The highest BCUT2D eigenvalue weighted by atomic mass is 127. The van der Waals surface area contributed by atoms with Crippen LogP contribution in [0, 0.1) is 0 Å². The Hall–Kier alpha value is -4.50. The van der Waals surface area contributed by atoms with E-state index in [1.54, 1.807) is 0 Å². The second-order valence-electron chi connectivity index (χ2n) is 24.1. The van der Waals surface area contributed by atoms with Crippen LogP contribution in [-0.2, 0) is 55.3 Å². The Bertz CT molecular complexity index is 3000. The molecule has 12 nitrogen and oxygen atoms in total. The van der Waals surface area contributed by atoms with Crippen molar-refractivity contribution in [1.29, 1.82) is 0 Å². The third-order valence-electron chi connectivity index (χ3n) is 18.2. The predicted molar refractivity (Wildman–Crippen MR) is 347 cm³/mol. The van der Waals surface area contributed by atoms with Gasteiger partial charge < -0.3 is 62.5 Å². The summed E-state index contributed by atoms with van der Waals surface area (Å²) in [4.78, 5) is 0. The number of likely N-dealkylation sites (N-methyl/N-ethyl adjacent to an activating group) is 6. The van der Waals surface area contributed by atoms with Gasteiger partial charge in [0.05, 0.1) is 34.9 Å². The first-order chi connectivity index (χ1) is 37.9. The molecule has 12 rings (SSSR count). The van der Waals surface area contributed by atoms with E-state index in [0.717, 1.165) is 68.1 Å². The molecule has 452 valence electrons.